The Hall–Kier alpha value is -1.91. The molecule has 0 aliphatic carbocycles. The Morgan fingerprint density at radius 3 is 2.52 bits per heavy atom. The van der Waals surface area contributed by atoms with Crippen LogP contribution in [-0.4, -0.2) is 51.3 Å². The van der Waals surface area contributed by atoms with Crippen LogP contribution in [0.15, 0.2) is 29.3 Å². The monoisotopic (exact) mass is 319 g/mol. The number of guanidine groups is 1. The number of nitrogens with zero attached hydrogens (tertiary/aromatic N) is 2. The van der Waals surface area contributed by atoms with Gasteiger partial charge >= 0.3 is 0 Å². The molecule has 1 saturated heterocycles. The lowest BCUT2D eigenvalue weighted by atomic mass is 9.93. The second-order valence-corrected chi connectivity index (χ2v) is 6.69. The number of nitrogens with one attached hydrogen (secondary N) is 1. The lowest BCUT2D eigenvalue weighted by Crippen LogP contribution is -2.41. The molecule has 5 heteroatoms. The third kappa shape index (κ3) is 5.34. The van der Waals surface area contributed by atoms with Gasteiger partial charge in [-0.05, 0) is 42.5 Å². The molecule has 0 saturated carbocycles. The smallest absolute Gasteiger partial charge is 0.193 e. The topological polar surface area (TPSA) is 46.1 Å². The van der Waals surface area contributed by atoms with Crippen LogP contribution in [0.4, 0.5) is 0 Å². The molecule has 2 rings (SSSR count). The lowest BCUT2D eigenvalue weighted by Gasteiger charge is -2.23. The third-order valence-electron chi connectivity index (χ3n) is 4.12. The molecule has 0 unspecified atom stereocenters. The molecule has 1 heterocycles. The molecule has 1 aromatic rings. The lowest BCUT2D eigenvalue weighted by molar-refractivity contribution is 0.309. The number of hydrogen-bond acceptors (Lipinski definition) is 3. The highest BCUT2D eigenvalue weighted by molar-refractivity contribution is 5.80. The molecule has 1 N–H and O–H groups in total. The van der Waals surface area contributed by atoms with Gasteiger partial charge in [0, 0.05) is 26.7 Å². The minimum atomic E-state index is 0.384. The van der Waals surface area contributed by atoms with Crippen molar-refractivity contribution in [1.82, 2.24) is 10.2 Å². The molecule has 23 heavy (non-hydrogen) atoms. The molecule has 0 radical (unpaired) electrons. The minimum absolute atomic E-state index is 0.384. The summed E-state index contributed by atoms with van der Waals surface area (Å²) in [6.07, 6.45) is 2.15. The van der Waals surface area contributed by atoms with Crippen molar-refractivity contribution in [1.29, 1.82) is 0 Å². The molecule has 0 bridgehead atoms. The summed E-state index contributed by atoms with van der Waals surface area (Å²) in [5.41, 5.74) is 0.384. The molecule has 1 fully saturated rings. The zero-order valence-electron chi connectivity index (χ0n) is 14.8. The third-order valence-corrected chi connectivity index (χ3v) is 4.12. The maximum absolute atomic E-state index is 5.73. The van der Waals surface area contributed by atoms with Crippen LogP contribution >= 0.6 is 0 Å². The Labute approximate surface area is 139 Å². The molecule has 0 aromatic heterocycles. The molecule has 1 aliphatic rings. The van der Waals surface area contributed by atoms with Gasteiger partial charge in [0.05, 0.1) is 13.7 Å². The van der Waals surface area contributed by atoms with Gasteiger partial charge in [-0.25, -0.2) is 0 Å². The number of likely N-dealkylation sites (tertiary alicyclic amines) is 1. The molecular formula is C18H29N3O2. The first kappa shape index (κ1) is 17.4. The van der Waals surface area contributed by atoms with Gasteiger partial charge in [0.25, 0.3) is 0 Å². The van der Waals surface area contributed by atoms with Gasteiger partial charge in [0.2, 0.25) is 0 Å². The van der Waals surface area contributed by atoms with E-state index in [1.165, 1.54) is 6.42 Å². The average Bonchev–Trinajstić information content (AvgIpc) is 2.91. The van der Waals surface area contributed by atoms with Crippen LogP contribution < -0.4 is 14.8 Å². The number of methoxy groups -OCH3 is 1. The van der Waals surface area contributed by atoms with E-state index in [1.54, 1.807) is 7.11 Å². The van der Waals surface area contributed by atoms with E-state index in [2.05, 4.69) is 29.1 Å². The van der Waals surface area contributed by atoms with Gasteiger partial charge < -0.3 is 19.7 Å². The Kier molecular flexibility index (Phi) is 6.13. The molecule has 5 nitrogen and oxygen atoms in total. The van der Waals surface area contributed by atoms with Crippen molar-refractivity contribution < 1.29 is 9.47 Å². The maximum atomic E-state index is 5.73. The average molecular weight is 319 g/mol. The van der Waals surface area contributed by atoms with Crippen LogP contribution in [0.3, 0.4) is 0 Å². The summed E-state index contributed by atoms with van der Waals surface area (Å²) in [6.45, 7) is 8.30. The van der Waals surface area contributed by atoms with E-state index < -0.39 is 0 Å². The van der Waals surface area contributed by atoms with E-state index in [-0.39, 0.29) is 0 Å². The molecule has 0 atom stereocenters. The van der Waals surface area contributed by atoms with Crippen molar-refractivity contribution in [2.45, 2.75) is 26.7 Å². The van der Waals surface area contributed by atoms with Crippen LogP contribution in [-0.2, 0) is 0 Å². The highest BCUT2D eigenvalue weighted by atomic mass is 16.5. The zero-order valence-corrected chi connectivity index (χ0v) is 14.8. The Balaban J connectivity index is 1.66. The van der Waals surface area contributed by atoms with E-state index in [1.807, 2.05) is 31.3 Å². The number of benzene rings is 1. The molecule has 0 spiro atoms. The van der Waals surface area contributed by atoms with Crippen LogP contribution in [0.5, 0.6) is 11.5 Å². The molecule has 1 aromatic carbocycles. The predicted octanol–water partition coefficient (Wildman–Crippen LogP) is 2.77. The van der Waals surface area contributed by atoms with Crippen molar-refractivity contribution in [3.05, 3.63) is 24.3 Å². The minimum Gasteiger partial charge on any atom is -0.497 e. The SMILES string of the molecule is CN=C(NCCCOc1ccc(OC)cc1)N1CCC(C)(C)C1. The van der Waals surface area contributed by atoms with Crippen molar-refractivity contribution in [2.75, 3.05) is 40.4 Å². The first-order chi connectivity index (χ1) is 11.0. The maximum Gasteiger partial charge on any atom is 0.193 e. The van der Waals surface area contributed by atoms with Gasteiger partial charge in [-0.3, -0.25) is 4.99 Å². The fourth-order valence-corrected chi connectivity index (χ4v) is 2.76. The van der Waals surface area contributed by atoms with Crippen LogP contribution in [0.25, 0.3) is 0 Å². The van der Waals surface area contributed by atoms with Crippen LogP contribution in [0.1, 0.15) is 26.7 Å². The highest BCUT2D eigenvalue weighted by Crippen LogP contribution is 2.28. The fraction of sp³-hybridized carbons (Fsp3) is 0.611. The summed E-state index contributed by atoms with van der Waals surface area (Å²) in [6, 6.07) is 7.67. The Bertz CT molecular complexity index is 512. The summed E-state index contributed by atoms with van der Waals surface area (Å²) < 4.78 is 10.9. The number of hydrogen-bond donors (Lipinski definition) is 1. The summed E-state index contributed by atoms with van der Waals surface area (Å²) in [5, 5.41) is 3.43. The van der Waals surface area contributed by atoms with Gasteiger partial charge in [0.15, 0.2) is 5.96 Å². The molecule has 0 amide bonds. The molecule has 128 valence electrons. The normalized spacial score (nSPS) is 17.2. The second-order valence-electron chi connectivity index (χ2n) is 6.69. The number of rotatable bonds is 6. The predicted molar refractivity (Wildman–Crippen MR) is 94.4 cm³/mol. The summed E-state index contributed by atoms with van der Waals surface area (Å²) >= 11 is 0. The largest absolute Gasteiger partial charge is 0.497 e. The fourth-order valence-electron chi connectivity index (χ4n) is 2.76. The van der Waals surface area contributed by atoms with Gasteiger partial charge in [-0.2, -0.15) is 0 Å². The highest BCUT2D eigenvalue weighted by Gasteiger charge is 2.30. The van der Waals surface area contributed by atoms with Gasteiger partial charge in [-0.15, -0.1) is 0 Å². The first-order valence-electron chi connectivity index (χ1n) is 8.26. The van der Waals surface area contributed by atoms with E-state index in [0.717, 1.165) is 43.5 Å². The van der Waals surface area contributed by atoms with Crippen molar-refractivity contribution >= 4 is 5.96 Å². The summed E-state index contributed by atoms with van der Waals surface area (Å²) in [4.78, 5) is 6.72. The number of aliphatic imine (C=N–C) groups is 1. The zero-order chi connectivity index (χ0) is 16.7. The van der Waals surface area contributed by atoms with Crippen molar-refractivity contribution in [2.24, 2.45) is 10.4 Å². The van der Waals surface area contributed by atoms with E-state index in [0.29, 0.717) is 12.0 Å². The summed E-state index contributed by atoms with van der Waals surface area (Å²) in [7, 11) is 3.51. The van der Waals surface area contributed by atoms with Crippen molar-refractivity contribution in [3.8, 4) is 11.5 Å². The van der Waals surface area contributed by atoms with Crippen LogP contribution in [0.2, 0.25) is 0 Å². The van der Waals surface area contributed by atoms with Crippen molar-refractivity contribution in [3.63, 3.8) is 0 Å². The quantitative estimate of drug-likeness (QED) is 0.497. The first-order valence-corrected chi connectivity index (χ1v) is 8.26. The molecular weight excluding hydrogens is 290 g/mol. The summed E-state index contributed by atoms with van der Waals surface area (Å²) in [5.74, 6) is 2.72. The Morgan fingerprint density at radius 2 is 1.96 bits per heavy atom. The van der Waals surface area contributed by atoms with Gasteiger partial charge in [0.1, 0.15) is 11.5 Å². The van der Waals surface area contributed by atoms with E-state index in [4.69, 9.17) is 9.47 Å². The Morgan fingerprint density at radius 1 is 1.26 bits per heavy atom. The van der Waals surface area contributed by atoms with Crippen LogP contribution in [0, 0.1) is 5.41 Å². The standard InChI is InChI=1S/C18H29N3O2/c1-18(2)10-12-21(14-18)17(19-3)20-11-5-13-23-16-8-6-15(22-4)7-9-16/h6-9H,5,10-14H2,1-4H3,(H,19,20). The molecule has 1 aliphatic heterocycles. The van der Waals surface area contributed by atoms with Gasteiger partial charge in [-0.1, -0.05) is 13.8 Å². The van der Waals surface area contributed by atoms with E-state index >= 15 is 0 Å². The number of ether oxygens (including phenoxy) is 2. The second kappa shape index (κ2) is 8.09. The van der Waals surface area contributed by atoms with E-state index in [9.17, 15) is 0 Å².